The smallest absolute Gasteiger partial charge is 0.322 e. The summed E-state index contributed by atoms with van der Waals surface area (Å²) < 4.78 is 5.04. The minimum atomic E-state index is -0.760. The first kappa shape index (κ1) is 15.9. The summed E-state index contributed by atoms with van der Waals surface area (Å²) in [6, 6.07) is -1.43. The Morgan fingerprint density at radius 2 is 2.23 bits per heavy atom. The molecule has 1 saturated heterocycles. The van der Waals surface area contributed by atoms with Gasteiger partial charge in [-0.2, -0.15) is 4.98 Å². The van der Waals surface area contributed by atoms with Gasteiger partial charge >= 0.3 is 6.03 Å². The maximum atomic E-state index is 12.0. The highest BCUT2D eigenvalue weighted by molar-refractivity contribution is 5.98. The van der Waals surface area contributed by atoms with Gasteiger partial charge in [0.1, 0.15) is 6.04 Å². The second kappa shape index (κ2) is 7.01. The highest BCUT2D eigenvalue weighted by Gasteiger charge is 2.26. The molecule has 0 aliphatic carbocycles. The van der Waals surface area contributed by atoms with Crippen LogP contribution in [0.2, 0.25) is 0 Å². The highest BCUT2D eigenvalue weighted by Crippen LogP contribution is 2.05. The number of carbonyl (C=O) groups excluding carboxylic acids is 3. The van der Waals surface area contributed by atoms with E-state index >= 15 is 0 Å². The van der Waals surface area contributed by atoms with Gasteiger partial charge in [0.05, 0.1) is 6.54 Å². The van der Waals surface area contributed by atoms with E-state index in [1.165, 1.54) is 0 Å². The van der Waals surface area contributed by atoms with Crippen molar-refractivity contribution in [1.29, 1.82) is 0 Å². The molecule has 120 valence electrons. The minimum Gasteiger partial charge on any atom is -0.345 e. The topological polar surface area (TPSA) is 126 Å². The van der Waals surface area contributed by atoms with Gasteiger partial charge in [0.15, 0.2) is 5.82 Å². The van der Waals surface area contributed by atoms with Gasteiger partial charge in [0.2, 0.25) is 17.7 Å². The molecule has 3 N–H and O–H groups in total. The van der Waals surface area contributed by atoms with Gasteiger partial charge in [0.25, 0.3) is 0 Å². The van der Waals surface area contributed by atoms with Crippen molar-refractivity contribution < 1.29 is 18.9 Å². The molecular weight excluding hydrogens is 290 g/mol. The van der Waals surface area contributed by atoms with Crippen molar-refractivity contribution in [2.75, 3.05) is 0 Å². The first-order chi connectivity index (χ1) is 10.4. The molecule has 1 aliphatic heterocycles. The lowest BCUT2D eigenvalue weighted by Crippen LogP contribution is -2.48. The number of hydrogen-bond acceptors (Lipinski definition) is 6. The van der Waals surface area contributed by atoms with Crippen LogP contribution in [0.1, 0.15) is 38.4 Å². The van der Waals surface area contributed by atoms with E-state index in [4.69, 9.17) is 4.52 Å². The minimum absolute atomic E-state index is 0.0810. The molecule has 9 nitrogen and oxygen atoms in total. The van der Waals surface area contributed by atoms with Gasteiger partial charge < -0.3 is 15.2 Å². The van der Waals surface area contributed by atoms with Crippen LogP contribution in [0.15, 0.2) is 4.52 Å². The van der Waals surface area contributed by atoms with Crippen LogP contribution in [0.3, 0.4) is 0 Å². The number of hydrogen-bond donors (Lipinski definition) is 3. The van der Waals surface area contributed by atoms with Crippen molar-refractivity contribution >= 4 is 17.8 Å². The van der Waals surface area contributed by atoms with Crippen molar-refractivity contribution in [3.8, 4) is 0 Å². The van der Waals surface area contributed by atoms with Gasteiger partial charge in [-0.1, -0.05) is 19.0 Å². The molecule has 1 aliphatic rings. The quantitative estimate of drug-likeness (QED) is 0.695. The Hall–Kier alpha value is -2.45. The molecule has 1 aromatic rings. The maximum absolute atomic E-state index is 12.0. The molecule has 0 unspecified atom stereocenters. The molecule has 0 aromatic carbocycles. The number of imide groups is 1. The van der Waals surface area contributed by atoms with Crippen LogP contribution < -0.4 is 16.0 Å². The molecule has 1 fully saturated rings. The summed E-state index contributed by atoms with van der Waals surface area (Å²) >= 11 is 0. The van der Waals surface area contributed by atoms with Gasteiger partial charge in [-0.25, -0.2) is 4.79 Å². The Bertz CT molecular complexity index is 569. The van der Waals surface area contributed by atoms with E-state index in [1.54, 1.807) is 0 Å². The zero-order valence-electron chi connectivity index (χ0n) is 12.5. The Labute approximate surface area is 127 Å². The predicted molar refractivity (Wildman–Crippen MR) is 74.4 cm³/mol. The molecule has 9 heteroatoms. The van der Waals surface area contributed by atoms with Gasteiger partial charge in [-0.3, -0.25) is 14.9 Å². The number of carbonyl (C=O) groups is 3. The Morgan fingerprint density at radius 1 is 1.45 bits per heavy atom. The fourth-order valence-electron chi connectivity index (χ4n) is 2.02. The molecule has 4 amide bonds. The van der Waals surface area contributed by atoms with Crippen molar-refractivity contribution in [3.05, 3.63) is 11.7 Å². The lowest BCUT2D eigenvalue weighted by Gasteiger charge is -2.13. The Balaban J connectivity index is 1.85. The number of rotatable bonds is 5. The molecule has 0 bridgehead atoms. The fraction of sp³-hybridized carbons (Fsp3) is 0.615. The fourth-order valence-corrected chi connectivity index (χ4v) is 2.02. The van der Waals surface area contributed by atoms with Crippen LogP contribution in [-0.2, 0) is 22.6 Å². The standard InChI is InChI=1S/C13H19N5O4/c1-7(2)5-9-16-11(22-18-9)6-14-12(20)8-3-4-10(19)17-13(21)15-8/h7-8H,3-6H2,1-2H3,(H,14,20)(H2,15,17,19,21)/t8-/m0/s1. The number of amides is 4. The molecule has 1 aromatic heterocycles. The summed E-state index contributed by atoms with van der Waals surface area (Å²) in [5.41, 5.74) is 0. The van der Waals surface area contributed by atoms with Gasteiger partial charge in [0, 0.05) is 12.8 Å². The number of nitrogens with one attached hydrogen (secondary N) is 3. The van der Waals surface area contributed by atoms with E-state index in [1.807, 2.05) is 13.8 Å². The summed E-state index contributed by atoms with van der Waals surface area (Å²) in [6.07, 6.45) is 1.05. The molecule has 2 heterocycles. The van der Waals surface area contributed by atoms with Crippen LogP contribution >= 0.6 is 0 Å². The van der Waals surface area contributed by atoms with Crippen molar-refractivity contribution in [3.63, 3.8) is 0 Å². The van der Waals surface area contributed by atoms with E-state index in [-0.39, 0.29) is 19.4 Å². The average molecular weight is 309 g/mol. The molecule has 0 spiro atoms. The van der Waals surface area contributed by atoms with Crippen molar-refractivity contribution in [2.45, 2.75) is 45.7 Å². The normalized spacial score (nSPS) is 18.6. The molecule has 2 rings (SSSR count). The van der Waals surface area contributed by atoms with E-state index in [2.05, 4.69) is 26.1 Å². The molecular formula is C13H19N5O4. The first-order valence-corrected chi connectivity index (χ1v) is 7.13. The zero-order chi connectivity index (χ0) is 16.1. The molecule has 1 atom stereocenters. The molecule has 0 saturated carbocycles. The van der Waals surface area contributed by atoms with Gasteiger partial charge in [-0.05, 0) is 12.3 Å². The summed E-state index contributed by atoms with van der Waals surface area (Å²) in [6.45, 7) is 4.17. The lowest BCUT2D eigenvalue weighted by atomic mass is 10.1. The van der Waals surface area contributed by atoms with E-state index in [0.29, 0.717) is 24.1 Å². The first-order valence-electron chi connectivity index (χ1n) is 7.13. The highest BCUT2D eigenvalue weighted by atomic mass is 16.5. The Morgan fingerprint density at radius 3 is 2.95 bits per heavy atom. The van der Waals surface area contributed by atoms with Crippen LogP contribution in [0.4, 0.5) is 4.79 Å². The molecule has 0 radical (unpaired) electrons. The average Bonchev–Trinajstić information content (AvgIpc) is 2.79. The van der Waals surface area contributed by atoms with Crippen molar-refractivity contribution in [2.24, 2.45) is 5.92 Å². The van der Waals surface area contributed by atoms with Crippen LogP contribution in [-0.4, -0.2) is 34.0 Å². The largest absolute Gasteiger partial charge is 0.345 e. The van der Waals surface area contributed by atoms with Crippen LogP contribution in [0.25, 0.3) is 0 Å². The summed E-state index contributed by atoms with van der Waals surface area (Å²) in [5, 5.41) is 11.0. The van der Waals surface area contributed by atoms with E-state index < -0.39 is 23.9 Å². The number of urea groups is 1. The predicted octanol–water partition coefficient (Wildman–Crippen LogP) is -0.127. The summed E-state index contributed by atoms with van der Waals surface area (Å²) in [7, 11) is 0. The lowest BCUT2D eigenvalue weighted by molar-refractivity contribution is -0.123. The van der Waals surface area contributed by atoms with Crippen LogP contribution in [0, 0.1) is 5.92 Å². The summed E-state index contributed by atoms with van der Waals surface area (Å²) in [4.78, 5) is 38.7. The van der Waals surface area contributed by atoms with Crippen molar-refractivity contribution in [1.82, 2.24) is 26.1 Å². The SMILES string of the molecule is CC(C)Cc1noc(CNC(=O)[C@@H]2CCC(=O)NC(=O)N2)n1. The summed E-state index contributed by atoms with van der Waals surface area (Å²) in [5.74, 6) is 0.512. The third-order valence-electron chi connectivity index (χ3n) is 3.05. The van der Waals surface area contributed by atoms with E-state index in [9.17, 15) is 14.4 Å². The number of aromatic nitrogens is 2. The molecule has 22 heavy (non-hydrogen) atoms. The third kappa shape index (κ3) is 4.54. The van der Waals surface area contributed by atoms with Gasteiger partial charge in [-0.15, -0.1) is 0 Å². The Kier molecular flexibility index (Phi) is 5.08. The third-order valence-corrected chi connectivity index (χ3v) is 3.05. The maximum Gasteiger partial charge on any atom is 0.322 e. The second-order valence-electron chi connectivity index (χ2n) is 5.53. The number of nitrogens with zero attached hydrogens (tertiary/aromatic N) is 2. The van der Waals surface area contributed by atoms with E-state index in [0.717, 1.165) is 0 Å². The second-order valence-corrected chi connectivity index (χ2v) is 5.53. The monoisotopic (exact) mass is 309 g/mol. The van der Waals surface area contributed by atoms with Crippen LogP contribution in [0.5, 0.6) is 0 Å². The zero-order valence-corrected chi connectivity index (χ0v) is 12.5.